The van der Waals surface area contributed by atoms with E-state index in [0.717, 1.165) is 4.90 Å². The largest absolute Gasteiger partial charge is 0.461 e. The van der Waals surface area contributed by atoms with Crippen molar-refractivity contribution in [3.05, 3.63) is 29.8 Å². The Balaban J connectivity index is 1.18. The van der Waals surface area contributed by atoms with Gasteiger partial charge in [-0.25, -0.2) is 9.69 Å². The second-order valence-electron chi connectivity index (χ2n) is 14.9. The summed E-state index contributed by atoms with van der Waals surface area (Å²) in [6.45, 7) is 3.52. The number of fused-ring (bicyclic) bond motifs is 2. The molecule has 12 atom stereocenters. The number of piperidine rings is 1. The van der Waals surface area contributed by atoms with Gasteiger partial charge in [0, 0.05) is 74.7 Å². The number of carbonyl (C=O) groups is 3. The number of aliphatic hydroxyl groups excluding tert-OH is 1. The van der Waals surface area contributed by atoms with E-state index in [9.17, 15) is 29.7 Å². The number of likely N-dealkylation sites (tertiary alicyclic amines) is 1. The Morgan fingerprint density at radius 3 is 2.47 bits per heavy atom. The predicted molar refractivity (Wildman–Crippen MR) is 159 cm³/mol. The lowest BCUT2D eigenvalue weighted by molar-refractivity contribution is -0.333. The average molecular weight is 625 g/mol. The number of aliphatic hydroxyl groups is 3. The van der Waals surface area contributed by atoms with Crippen LogP contribution in [0.1, 0.15) is 62.2 Å². The number of hydrogen-bond donors (Lipinski definition) is 3. The van der Waals surface area contributed by atoms with Gasteiger partial charge in [-0.1, -0.05) is 19.1 Å². The van der Waals surface area contributed by atoms with Crippen molar-refractivity contribution in [2.24, 2.45) is 34.5 Å². The molecule has 7 aliphatic rings. The number of nitrogens with zero attached hydrogens (tertiary/aromatic N) is 2. The number of carbonyl (C=O) groups excluding carboxylic acids is 3. The molecule has 12 unspecified atom stereocenters. The van der Waals surface area contributed by atoms with Gasteiger partial charge >= 0.3 is 5.97 Å². The topological polar surface area (TPSA) is 146 Å². The van der Waals surface area contributed by atoms with Crippen molar-refractivity contribution in [2.75, 3.05) is 38.8 Å². The summed E-state index contributed by atoms with van der Waals surface area (Å²) in [5.41, 5.74) is -3.83. The Kier molecular flexibility index (Phi) is 6.53. The van der Waals surface area contributed by atoms with Crippen LogP contribution >= 0.6 is 0 Å². The molecule has 2 heterocycles. The van der Waals surface area contributed by atoms with Crippen LogP contribution in [0.5, 0.6) is 0 Å². The number of hydrogen-bond acceptors (Lipinski definition) is 10. The molecule has 2 amide bonds. The lowest BCUT2D eigenvalue weighted by atomic mass is 9.42. The second-order valence-corrected chi connectivity index (χ2v) is 14.9. The molecule has 5 aliphatic carbocycles. The van der Waals surface area contributed by atoms with Gasteiger partial charge in [0.15, 0.2) is 0 Å². The molecule has 3 N–H and O–H groups in total. The van der Waals surface area contributed by atoms with E-state index in [0.29, 0.717) is 45.2 Å². The summed E-state index contributed by atoms with van der Waals surface area (Å²) in [5.74, 6) is -2.23. The molecule has 2 saturated heterocycles. The Morgan fingerprint density at radius 2 is 1.78 bits per heavy atom. The predicted octanol–water partition coefficient (Wildman–Crippen LogP) is 1.51. The van der Waals surface area contributed by atoms with Gasteiger partial charge in [-0.15, -0.1) is 0 Å². The highest BCUT2D eigenvalue weighted by molar-refractivity contribution is 6.21. The van der Waals surface area contributed by atoms with Gasteiger partial charge in [0.2, 0.25) is 11.8 Å². The molecular formula is C34H44N2O9. The number of esters is 1. The number of para-hydroxylation sites is 1. The fourth-order valence-electron chi connectivity index (χ4n) is 12.4. The number of methoxy groups -OCH3 is 2. The Bertz CT molecular complexity index is 1440. The summed E-state index contributed by atoms with van der Waals surface area (Å²) in [5, 5.41) is 37.7. The minimum atomic E-state index is -1.54. The SMILES string of the molecule is CCN1CC2(COC(=O)c3ccccc3N3C(=O)CCC3=O)CCC(O)C34C1C(CC23)C1(O)CC(OC)C2CC4C1(O)C2OC. The van der Waals surface area contributed by atoms with Crippen molar-refractivity contribution in [1.82, 2.24) is 4.90 Å². The normalized spacial score (nSPS) is 47.8. The molecule has 11 heteroatoms. The highest BCUT2D eigenvalue weighted by atomic mass is 16.5. The molecular weight excluding hydrogens is 580 g/mol. The molecule has 1 aromatic rings. The van der Waals surface area contributed by atoms with Gasteiger partial charge < -0.3 is 29.5 Å². The van der Waals surface area contributed by atoms with Crippen LogP contribution in [0.2, 0.25) is 0 Å². The fourth-order valence-corrected chi connectivity index (χ4v) is 12.4. The maximum atomic E-state index is 13.8. The number of ether oxygens (including phenoxy) is 3. The third-order valence-electron chi connectivity index (χ3n) is 13.8. The Hall–Kier alpha value is -2.41. The minimum Gasteiger partial charge on any atom is -0.461 e. The summed E-state index contributed by atoms with van der Waals surface area (Å²) in [4.78, 5) is 42.3. The zero-order valence-electron chi connectivity index (χ0n) is 26.2. The summed E-state index contributed by atoms with van der Waals surface area (Å²) >= 11 is 0. The van der Waals surface area contributed by atoms with E-state index in [1.54, 1.807) is 38.5 Å². The zero-order chi connectivity index (χ0) is 31.7. The number of anilines is 1. The molecule has 244 valence electrons. The van der Waals surface area contributed by atoms with Crippen molar-refractivity contribution >= 4 is 23.5 Å². The van der Waals surface area contributed by atoms with E-state index >= 15 is 0 Å². The van der Waals surface area contributed by atoms with E-state index in [1.165, 1.54) is 0 Å². The van der Waals surface area contributed by atoms with Gasteiger partial charge in [0.1, 0.15) is 11.2 Å². The number of rotatable bonds is 7. The molecule has 8 rings (SSSR count). The van der Waals surface area contributed by atoms with Crippen LogP contribution in [0.4, 0.5) is 5.69 Å². The fraction of sp³-hybridized carbons (Fsp3) is 0.735. The van der Waals surface area contributed by atoms with Crippen LogP contribution in [0.15, 0.2) is 24.3 Å². The number of benzene rings is 1. The molecule has 2 aliphatic heterocycles. The molecule has 0 radical (unpaired) electrons. The monoisotopic (exact) mass is 624 g/mol. The summed E-state index contributed by atoms with van der Waals surface area (Å²) in [6.07, 6.45) is 1.27. The van der Waals surface area contributed by atoms with Crippen LogP contribution in [-0.2, 0) is 23.8 Å². The van der Waals surface area contributed by atoms with Gasteiger partial charge in [0.25, 0.3) is 0 Å². The summed E-state index contributed by atoms with van der Waals surface area (Å²) < 4.78 is 18.1. The Labute approximate surface area is 262 Å². The van der Waals surface area contributed by atoms with Gasteiger partial charge in [-0.05, 0) is 50.3 Å². The smallest absolute Gasteiger partial charge is 0.340 e. The third kappa shape index (κ3) is 3.39. The molecule has 1 spiro atoms. The van der Waals surface area contributed by atoms with Crippen LogP contribution in [0.25, 0.3) is 0 Å². The van der Waals surface area contributed by atoms with E-state index in [4.69, 9.17) is 14.2 Å². The average Bonchev–Trinajstić information content (AvgIpc) is 3.62. The summed E-state index contributed by atoms with van der Waals surface area (Å²) in [6, 6.07) is 6.43. The van der Waals surface area contributed by atoms with E-state index in [-0.39, 0.29) is 72.4 Å². The summed E-state index contributed by atoms with van der Waals surface area (Å²) in [7, 11) is 3.25. The minimum absolute atomic E-state index is 0.0958. The van der Waals surface area contributed by atoms with Crippen LogP contribution < -0.4 is 4.90 Å². The van der Waals surface area contributed by atoms with Gasteiger partial charge in [0.05, 0.1) is 36.2 Å². The van der Waals surface area contributed by atoms with Gasteiger partial charge in [-0.3, -0.25) is 14.5 Å². The molecule has 0 aromatic heterocycles. The first kappa shape index (κ1) is 30.0. The van der Waals surface area contributed by atoms with Crippen LogP contribution in [0.3, 0.4) is 0 Å². The molecule has 1 aromatic carbocycles. The zero-order valence-corrected chi connectivity index (χ0v) is 26.2. The molecule has 5 saturated carbocycles. The lowest BCUT2D eigenvalue weighted by Gasteiger charge is -2.70. The number of amides is 2. The maximum absolute atomic E-state index is 13.8. The first-order chi connectivity index (χ1) is 21.5. The van der Waals surface area contributed by atoms with Crippen molar-refractivity contribution in [2.45, 2.75) is 87.4 Å². The molecule has 11 nitrogen and oxygen atoms in total. The quantitative estimate of drug-likeness (QED) is 0.302. The van der Waals surface area contributed by atoms with Crippen LogP contribution in [-0.4, -0.2) is 107 Å². The van der Waals surface area contributed by atoms with Crippen molar-refractivity contribution < 1.29 is 43.9 Å². The molecule has 45 heavy (non-hydrogen) atoms. The van der Waals surface area contributed by atoms with Gasteiger partial charge in [-0.2, -0.15) is 0 Å². The maximum Gasteiger partial charge on any atom is 0.340 e. The third-order valence-corrected chi connectivity index (χ3v) is 13.8. The second kappa shape index (κ2) is 9.81. The van der Waals surface area contributed by atoms with Crippen LogP contribution in [0, 0.1) is 34.5 Å². The number of imide groups is 1. The van der Waals surface area contributed by atoms with Crippen molar-refractivity contribution in [3.8, 4) is 0 Å². The lowest BCUT2D eigenvalue weighted by Crippen LogP contribution is -2.82. The van der Waals surface area contributed by atoms with Crippen molar-refractivity contribution in [3.63, 3.8) is 0 Å². The molecule has 7 fully saturated rings. The standard InChI is InChI=1S/C34H44N2O9/c1-4-35-16-31(17-45-30(40)18-7-5-6-8-21(18)36-26(38)9-10-27(36)39)12-11-25(37)33-23(31)14-20(28(33)35)32(41)15-22(43-2)19-13-24(33)34(32,42)29(19)44-3/h5-8,19-20,22-25,28-29,37,41-42H,4,9-17H2,1-3H3. The first-order valence-electron chi connectivity index (χ1n) is 16.6. The highest BCUT2D eigenvalue weighted by Crippen LogP contribution is 2.80. The first-order valence-corrected chi connectivity index (χ1v) is 16.6. The van der Waals surface area contributed by atoms with E-state index in [2.05, 4.69) is 11.8 Å². The van der Waals surface area contributed by atoms with E-state index in [1.807, 2.05) is 0 Å². The highest BCUT2D eigenvalue weighted by Gasteiger charge is 2.88. The Morgan fingerprint density at radius 1 is 1.04 bits per heavy atom. The molecule has 7 bridgehead atoms. The van der Waals surface area contributed by atoms with E-state index < -0.39 is 46.1 Å². The van der Waals surface area contributed by atoms with Crippen molar-refractivity contribution in [1.29, 1.82) is 0 Å².